The summed E-state index contributed by atoms with van der Waals surface area (Å²) in [5.41, 5.74) is 4.69. The zero-order valence-electron chi connectivity index (χ0n) is 14.6. The Morgan fingerprint density at radius 1 is 0.846 bits per heavy atom. The number of hydrogen-bond acceptors (Lipinski definition) is 2. The molecule has 26 heavy (non-hydrogen) atoms. The highest BCUT2D eigenvalue weighted by Gasteiger charge is 2.13. The lowest BCUT2D eigenvalue weighted by Crippen LogP contribution is -2.80. The van der Waals surface area contributed by atoms with Crippen molar-refractivity contribution in [1.82, 2.24) is 9.78 Å². The topological polar surface area (TPSA) is 47.6 Å². The average Bonchev–Trinajstić information content (AvgIpc) is 3.34. The van der Waals surface area contributed by atoms with E-state index >= 15 is 0 Å². The van der Waals surface area contributed by atoms with Crippen molar-refractivity contribution in [3.05, 3.63) is 102 Å². The molecule has 0 saturated heterocycles. The van der Waals surface area contributed by atoms with Crippen molar-refractivity contribution in [1.29, 1.82) is 0 Å². The van der Waals surface area contributed by atoms with E-state index in [9.17, 15) is 0 Å². The highest BCUT2D eigenvalue weighted by molar-refractivity contribution is 5.62. The Morgan fingerprint density at radius 2 is 1.62 bits per heavy atom. The highest BCUT2D eigenvalue weighted by atomic mass is 16.3. The third-order valence-corrected chi connectivity index (χ3v) is 4.36. The molecule has 0 aliphatic carbocycles. The van der Waals surface area contributed by atoms with Crippen LogP contribution in [-0.4, -0.2) is 9.78 Å². The summed E-state index contributed by atoms with van der Waals surface area (Å²) in [6.07, 6.45) is 3.88. The van der Waals surface area contributed by atoms with Gasteiger partial charge >= 0.3 is 0 Å². The van der Waals surface area contributed by atoms with Gasteiger partial charge in [-0.05, 0) is 17.7 Å². The van der Waals surface area contributed by atoms with Gasteiger partial charge in [0.25, 0.3) is 0 Å². The van der Waals surface area contributed by atoms with Crippen LogP contribution in [-0.2, 0) is 19.6 Å². The molecule has 4 aromatic rings. The summed E-state index contributed by atoms with van der Waals surface area (Å²) in [6, 6.07) is 24.7. The van der Waals surface area contributed by atoms with Crippen molar-refractivity contribution in [2.75, 3.05) is 0 Å². The minimum atomic E-state index is 0.777. The van der Waals surface area contributed by atoms with Crippen molar-refractivity contribution in [3.8, 4) is 11.3 Å². The van der Waals surface area contributed by atoms with Gasteiger partial charge in [0.15, 0.2) is 5.76 Å². The maximum Gasteiger partial charge on any atom is 0.157 e. The van der Waals surface area contributed by atoms with Gasteiger partial charge in [0.2, 0.25) is 0 Å². The average molecular weight is 344 g/mol. The van der Waals surface area contributed by atoms with Crippen LogP contribution in [0.15, 0.2) is 89.7 Å². The van der Waals surface area contributed by atoms with Crippen LogP contribution in [0.25, 0.3) is 11.3 Å². The van der Waals surface area contributed by atoms with Gasteiger partial charge in [-0.25, -0.2) is 0 Å². The number of quaternary nitrogens is 1. The Labute approximate surface area is 153 Å². The second-order valence-corrected chi connectivity index (χ2v) is 6.33. The van der Waals surface area contributed by atoms with E-state index in [4.69, 9.17) is 9.52 Å². The lowest BCUT2D eigenvalue weighted by Gasteiger charge is -2.02. The van der Waals surface area contributed by atoms with Crippen molar-refractivity contribution in [2.24, 2.45) is 0 Å². The summed E-state index contributed by atoms with van der Waals surface area (Å²) in [6.45, 7) is 2.46. The summed E-state index contributed by atoms with van der Waals surface area (Å²) in [5.74, 6) is 0.989. The van der Waals surface area contributed by atoms with E-state index in [0.717, 1.165) is 36.7 Å². The van der Waals surface area contributed by atoms with Gasteiger partial charge in [-0.3, -0.25) is 4.68 Å². The standard InChI is InChI=1S/C22H21N3O/c1-3-8-18(9-4-1)16-25-17-20(14-23-15-21-12-7-13-26-21)22(24-25)19-10-5-2-6-11-19/h1-13,17,23H,14-16H2/p+1. The molecule has 0 atom stereocenters. The van der Waals surface area contributed by atoms with E-state index in [0.29, 0.717) is 0 Å². The third kappa shape index (κ3) is 3.92. The van der Waals surface area contributed by atoms with Gasteiger partial charge in [-0.1, -0.05) is 60.7 Å². The number of benzene rings is 2. The van der Waals surface area contributed by atoms with Gasteiger partial charge in [0.05, 0.1) is 18.4 Å². The van der Waals surface area contributed by atoms with E-state index in [1.165, 1.54) is 11.1 Å². The molecule has 0 fully saturated rings. The van der Waals surface area contributed by atoms with Crippen LogP contribution in [0.3, 0.4) is 0 Å². The van der Waals surface area contributed by atoms with Crippen LogP contribution in [0.5, 0.6) is 0 Å². The van der Waals surface area contributed by atoms with Crippen LogP contribution >= 0.6 is 0 Å². The lowest BCUT2D eigenvalue weighted by molar-refractivity contribution is -0.687. The predicted molar refractivity (Wildman–Crippen MR) is 101 cm³/mol. The largest absolute Gasteiger partial charge is 0.463 e. The molecule has 0 spiro atoms. The Morgan fingerprint density at radius 3 is 2.35 bits per heavy atom. The predicted octanol–water partition coefficient (Wildman–Crippen LogP) is 3.46. The van der Waals surface area contributed by atoms with E-state index < -0.39 is 0 Å². The highest BCUT2D eigenvalue weighted by Crippen LogP contribution is 2.21. The minimum Gasteiger partial charge on any atom is -0.463 e. The first-order chi connectivity index (χ1) is 12.9. The number of nitrogens with zero attached hydrogens (tertiary/aromatic N) is 2. The summed E-state index contributed by atoms with van der Waals surface area (Å²) in [4.78, 5) is 0. The molecule has 0 radical (unpaired) electrons. The SMILES string of the molecule is c1ccc(Cn2cc(C[NH2+]Cc3ccco3)c(-c3ccccc3)n2)cc1. The third-order valence-electron chi connectivity index (χ3n) is 4.36. The number of hydrogen-bond donors (Lipinski definition) is 1. The van der Waals surface area contributed by atoms with Gasteiger partial charge in [0.1, 0.15) is 18.8 Å². The summed E-state index contributed by atoms with van der Waals surface area (Å²) >= 11 is 0. The number of rotatable bonds is 7. The Balaban J connectivity index is 1.55. The fourth-order valence-electron chi connectivity index (χ4n) is 3.10. The van der Waals surface area contributed by atoms with Gasteiger partial charge in [0, 0.05) is 11.8 Å². The smallest absolute Gasteiger partial charge is 0.157 e. The molecule has 2 aromatic heterocycles. The molecule has 0 aliphatic heterocycles. The maximum absolute atomic E-state index is 5.42. The molecule has 2 N–H and O–H groups in total. The van der Waals surface area contributed by atoms with Crippen molar-refractivity contribution < 1.29 is 9.73 Å². The second kappa shape index (κ2) is 7.85. The molecule has 2 aromatic carbocycles. The molecule has 0 saturated carbocycles. The first-order valence-corrected chi connectivity index (χ1v) is 8.88. The van der Waals surface area contributed by atoms with Gasteiger partial charge < -0.3 is 9.73 Å². The second-order valence-electron chi connectivity index (χ2n) is 6.33. The van der Waals surface area contributed by atoms with Crippen LogP contribution < -0.4 is 5.32 Å². The summed E-state index contributed by atoms with van der Waals surface area (Å²) in [5, 5.41) is 7.11. The zero-order valence-corrected chi connectivity index (χ0v) is 14.6. The molecular formula is C22H22N3O+. The van der Waals surface area contributed by atoms with Crippen LogP contribution in [0.2, 0.25) is 0 Å². The molecule has 0 aliphatic rings. The molecule has 0 amide bonds. The summed E-state index contributed by atoms with van der Waals surface area (Å²) in [7, 11) is 0. The van der Waals surface area contributed by atoms with Gasteiger partial charge in [-0.2, -0.15) is 5.10 Å². The summed E-state index contributed by atoms with van der Waals surface area (Å²) < 4.78 is 7.45. The van der Waals surface area contributed by atoms with E-state index in [-0.39, 0.29) is 0 Å². The molecule has 0 unspecified atom stereocenters. The minimum absolute atomic E-state index is 0.777. The van der Waals surface area contributed by atoms with E-state index in [1.807, 2.05) is 28.9 Å². The number of aromatic nitrogens is 2. The van der Waals surface area contributed by atoms with E-state index in [1.54, 1.807) is 6.26 Å². The normalized spacial score (nSPS) is 10.9. The van der Waals surface area contributed by atoms with Crippen molar-refractivity contribution in [2.45, 2.75) is 19.6 Å². The van der Waals surface area contributed by atoms with Crippen LogP contribution in [0.4, 0.5) is 0 Å². The van der Waals surface area contributed by atoms with E-state index in [2.05, 4.69) is 60.0 Å². The lowest BCUT2D eigenvalue weighted by atomic mass is 10.1. The van der Waals surface area contributed by atoms with Crippen LogP contribution in [0, 0.1) is 0 Å². The van der Waals surface area contributed by atoms with Gasteiger partial charge in [-0.15, -0.1) is 0 Å². The fourth-order valence-corrected chi connectivity index (χ4v) is 3.10. The molecular weight excluding hydrogens is 322 g/mol. The zero-order chi connectivity index (χ0) is 17.6. The molecule has 4 heteroatoms. The Hall–Kier alpha value is -3.11. The van der Waals surface area contributed by atoms with Crippen molar-refractivity contribution in [3.63, 3.8) is 0 Å². The van der Waals surface area contributed by atoms with Crippen LogP contribution in [0.1, 0.15) is 16.9 Å². The molecule has 130 valence electrons. The number of nitrogens with two attached hydrogens (primary N) is 1. The fraction of sp³-hybridized carbons (Fsp3) is 0.136. The Bertz CT molecular complexity index is 928. The first kappa shape index (κ1) is 16.4. The van der Waals surface area contributed by atoms with Crippen molar-refractivity contribution >= 4 is 0 Å². The molecule has 0 bridgehead atoms. The quantitative estimate of drug-likeness (QED) is 0.558. The maximum atomic E-state index is 5.42. The molecule has 4 rings (SSSR count). The molecule has 4 nitrogen and oxygen atoms in total. The Kier molecular flexibility index (Phi) is 4.94. The monoisotopic (exact) mass is 344 g/mol. The molecule has 2 heterocycles. The number of furan rings is 1. The first-order valence-electron chi connectivity index (χ1n) is 8.88.